The van der Waals surface area contributed by atoms with Gasteiger partial charge in [-0.05, 0) is 57.9 Å². The Kier molecular flexibility index (Phi) is 8.71. The Morgan fingerprint density at radius 3 is 2.18 bits per heavy atom. The van der Waals surface area contributed by atoms with Crippen LogP contribution >= 0.6 is 15.9 Å². The number of carbonyl (C=O) groups excluding carboxylic acids is 1. The standard InChI is InChI=1S/C25H25BrN4O7S2/c1-37-23-15-18(14-21(26)24(23)31)16-27-28-25(32)22-17-29(38(33,34)19-8-4-2-5-9-19)12-13-30(22)39(35,36)20-10-6-3-7-11-20/h2-11,14-16,22,31H,12-13,17H2,1H3,(H,28,32)/b27-16-/t22-/m1/s1. The lowest BCUT2D eigenvalue weighted by Crippen LogP contribution is -2.60. The maximum Gasteiger partial charge on any atom is 0.259 e. The van der Waals surface area contributed by atoms with Gasteiger partial charge in [-0.1, -0.05) is 36.4 Å². The Morgan fingerprint density at radius 1 is 1.00 bits per heavy atom. The summed E-state index contributed by atoms with van der Waals surface area (Å²) in [5.74, 6) is -0.753. The van der Waals surface area contributed by atoms with Crippen LogP contribution in [0, 0.1) is 0 Å². The van der Waals surface area contributed by atoms with Crippen molar-refractivity contribution in [1.82, 2.24) is 14.0 Å². The highest BCUT2D eigenvalue weighted by atomic mass is 79.9. The summed E-state index contributed by atoms with van der Waals surface area (Å²) >= 11 is 3.20. The van der Waals surface area contributed by atoms with E-state index in [-0.39, 0.29) is 34.4 Å². The van der Waals surface area contributed by atoms with Gasteiger partial charge in [0.15, 0.2) is 11.5 Å². The fourth-order valence-corrected chi connectivity index (χ4v) is 7.51. The monoisotopic (exact) mass is 636 g/mol. The van der Waals surface area contributed by atoms with E-state index in [1.165, 1.54) is 49.7 Å². The number of phenolic OH excluding ortho intramolecular Hbond substituents is 1. The van der Waals surface area contributed by atoms with E-state index in [4.69, 9.17) is 4.74 Å². The lowest BCUT2D eigenvalue weighted by molar-refractivity contribution is -0.125. The molecule has 1 aliphatic rings. The third-order valence-electron chi connectivity index (χ3n) is 5.99. The number of piperazine rings is 1. The zero-order valence-corrected chi connectivity index (χ0v) is 23.9. The first-order valence-corrected chi connectivity index (χ1v) is 15.2. The maximum atomic E-state index is 13.5. The fraction of sp³-hybridized carbons (Fsp3) is 0.200. The molecule has 1 saturated heterocycles. The van der Waals surface area contributed by atoms with E-state index in [2.05, 4.69) is 26.5 Å². The Balaban J connectivity index is 1.63. The second-order valence-electron chi connectivity index (χ2n) is 8.41. The zero-order chi connectivity index (χ0) is 28.2. The predicted octanol–water partition coefficient (Wildman–Crippen LogP) is 2.38. The van der Waals surface area contributed by atoms with Crippen LogP contribution in [0.3, 0.4) is 0 Å². The third kappa shape index (κ3) is 6.15. The number of halogens is 1. The van der Waals surface area contributed by atoms with Gasteiger partial charge in [0.05, 0.1) is 27.6 Å². The second-order valence-corrected chi connectivity index (χ2v) is 13.1. The molecular weight excluding hydrogens is 612 g/mol. The average molecular weight is 638 g/mol. The molecule has 11 nitrogen and oxygen atoms in total. The molecule has 0 bridgehead atoms. The van der Waals surface area contributed by atoms with Gasteiger partial charge in [-0.2, -0.15) is 13.7 Å². The van der Waals surface area contributed by atoms with Crippen LogP contribution in [0.5, 0.6) is 11.5 Å². The van der Waals surface area contributed by atoms with Gasteiger partial charge in [-0.15, -0.1) is 0 Å². The largest absolute Gasteiger partial charge is 0.503 e. The van der Waals surface area contributed by atoms with Crippen molar-refractivity contribution in [1.29, 1.82) is 0 Å². The number of methoxy groups -OCH3 is 1. The van der Waals surface area contributed by atoms with E-state index in [1.54, 1.807) is 36.4 Å². The molecule has 4 rings (SSSR count). The minimum Gasteiger partial charge on any atom is -0.503 e. The normalized spacial score (nSPS) is 17.2. The van der Waals surface area contributed by atoms with Crippen molar-refractivity contribution in [3.8, 4) is 11.5 Å². The molecule has 0 saturated carbocycles. The summed E-state index contributed by atoms with van der Waals surface area (Å²) < 4.78 is 61.0. The minimum absolute atomic E-state index is 0.0216. The van der Waals surface area contributed by atoms with Crippen molar-refractivity contribution in [2.45, 2.75) is 15.8 Å². The predicted molar refractivity (Wildman–Crippen MR) is 147 cm³/mol. The van der Waals surface area contributed by atoms with Gasteiger partial charge < -0.3 is 9.84 Å². The highest BCUT2D eigenvalue weighted by molar-refractivity contribution is 9.10. The number of aromatic hydroxyl groups is 1. The molecule has 39 heavy (non-hydrogen) atoms. The van der Waals surface area contributed by atoms with Gasteiger partial charge in [0.1, 0.15) is 6.04 Å². The summed E-state index contributed by atoms with van der Waals surface area (Å²) in [6, 6.07) is 16.9. The highest BCUT2D eigenvalue weighted by Gasteiger charge is 2.43. The van der Waals surface area contributed by atoms with E-state index in [0.717, 1.165) is 8.61 Å². The molecule has 206 valence electrons. The smallest absolute Gasteiger partial charge is 0.259 e. The average Bonchev–Trinajstić information content (AvgIpc) is 2.95. The van der Waals surface area contributed by atoms with Gasteiger partial charge in [0.25, 0.3) is 5.91 Å². The molecule has 1 aliphatic heterocycles. The fourth-order valence-electron chi connectivity index (χ4n) is 4.00. The number of ether oxygens (including phenoxy) is 1. The third-order valence-corrected chi connectivity index (χ3v) is 10.4. The number of rotatable bonds is 8. The van der Waals surface area contributed by atoms with Crippen LogP contribution in [0.25, 0.3) is 0 Å². The maximum absolute atomic E-state index is 13.5. The number of amides is 1. The zero-order valence-electron chi connectivity index (χ0n) is 20.6. The van der Waals surface area contributed by atoms with Crippen molar-refractivity contribution >= 4 is 48.1 Å². The van der Waals surface area contributed by atoms with Crippen molar-refractivity contribution in [3.63, 3.8) is 0 Å². The number of hydrogen-bond acceptors (Lipinski definition) is 8. The van der Waals surface area contributed by atoms with E-state index < -0.39 is 38.5 Å². The number of nitrogens with zero attached hydrogens (tertiary/aromatic N) is 3. The van der Waals surface area contributed by atoms with E-state index in [9.17, 15) is 26.7 Å². The first-order chi connectivity index (χ1) is 18.6. The molecule has 14 heteroatoms. The van der Waals surface area contributed by atoms with Gasteiger partial charge in [0.2, 0.25) is 20.0 Å². The topological polar surface area (TPSA) is 146 Å². The molecule has 0 aromatic heterocycles. The number of benzene rings is 3. The van der Waals surface area contributed by atoms with Crippen LogP contribution in [0.2, 0.25) is 0 Å². The molecule has 0 aliphatic carbocycles. The van der Waals surface area contributed by atoms with Crippen LogP contribution in [-0.4, -0.2) is 75.5 Å². The second kappa shape index (κ2) is 11.8. The molecule has 1 atom stereocenters. The number of nitrogens with one attached hydrogen (secondary N) is 1. The summed E-state index contributed by atoms with van der Waals surface area (Å²) in [5.41, 5.74) is 2.78. The SMILES string of the molecule is COc1cc(/C=N\NC(=O)[C@H]2CN(S(=O)(=O)c3ccccc3)CCN2S(=O)(=O)c2ccccc2)cc(Br)c1O. The van der Waals surface area contributed by atoms with Gasteiger partial charge in [-0.25, -0.2) is 22.3 Å². The molecule has 0 spiro atoms. The van der Waals surface area contributed by atoms with Crippen LogP contribution in [0.4, 0.5) is 0 Å². The van der Waals surface area contributed by atoms with Crippen molar-refractivity contribution in [2.24, 2.45) is 5.10 Å². The molecular formula is C25H25BrN4O7S2. The first-order valence-electron chi connectivity index (χ1n) is 11.6. The van der Waals surface area contributed by atoms with Gasteiger partial charge >= 0.3 is 0 Å². The number of hydrogen-bond donors (Lipinski definition) is 2. The van der Waals surface area contributed by atoms with Crippen LogP contribution in [-0.2, 0) is 24.8 Å². The number of carbonyl (C=O) groups is 1. The molecule has 1 heterocycles. The number of hydrazone groups is 1. The van der Waals surface area contributed by atoms with E-state index in [0.29, 0.717) is 10.0 Å². The Labute approximate surface area is 234 Å². The van der Waals surface area contributed by atoms with Crippen LogP contribution < -0.4 is 10.2 Å². The van der Waals surface area contributed by atoms with E-state index in [1.807, 2.05) is 0 Å². The summed E-state index contributed by atoms with van der Waals surface area (Å²) in [7, 11) is -6.75. The van der Waals surface area contributed by atoms with Gasteiger partial charge in [-0.3, -0.25) is 4.79 Å². The highest BCUT2D eigenvalue weighted by Crippen LogP contribution is 2.34. The molecule has 1 amide bonds. The molecule has 3 aromatic carbocycles. The van der Waals surface area contributed by atoms with E-state index >= 15 is 0 Å². The van der Waals surface area contributed by atoms with Crippen LogP contribution in [0.15, 0.2) is 92.2 Å². The quantitative estimate of drug-likeness (QED) is 0.285. The summed E-state index contributed by atoms with van der Waals surface area (Å²) in [6.45, 7) is -0.798. The Hall–Kier alpha value is -3.30. The lowest BCUT2D eigenvalue weighted by Gasteiger charge is -2.38. The lowest BCUT2D eigenvalue weighted by atomic mass is 10.2. The minimum atomic E-state index is -4.14. The van der Waals surface area contributed by atoms with Crippen LogP contribution in [0.1, 0.15) is 5.56 Å². The molecule has 2 N–H and O–H groups in total. The molecule has 3 aromatic rings. The Bertz CT molecular complexity index is 1590. The summed E-state index contributed by atoms with van der Waals surface area (Å²) in [6.07, 6.45) is 1.28. The Morgan fingerprint density at radius 2 is 1.59 bits per heavy atom. The van der Waals surface area contributed by atoms with Crippen molar-refractivity contribution in [3.05, 3.63) is 82.8 Å². The van der Waals surface area contributed by atoms with Crippen molar-refractivity contribution < 1.29 is 31.5 Å². The first kappa shape index (κ1) is 28.7. The molecule has 1 fully saturated rings. The van der Waals surface area contributed by atoms with Crippen molar-refractivity contribution in [2.75, 3.05) is 26.7 Å². The summed E-state index contributed by atoms with van der Waals surface area (Å²) in [4.78, 5) is 13.3. The number of sulfonamides is 2. The summed E-state index contributed by atoms with van der Waals surface area (Å²) in [5, 5.41) is 13.9. The van der Waals surface area contributed by atoms with Gasteiger partial charge in [0, 0.05) is 19.6 Å². The molecule has 0 radical (unpaired) electrons. The molecule has 0 unspecified atom stereocenters. The number of phenols is 1.